The Bertz CT molecular complexity index is 757. The molecule has 5 nitrogen and oxygen atoms in total. The van der Waals surface area contributed by atoms with E-state index in [1.54, 1.807) is 0 Å². The molecule has 112 valence electrons. The topological polar surface area (TPSA) is 74.8 Å². The van der Waals surface area contributed by atoms with Crippen LogP contribution in [0.15, 0.2) is 35.5 Å². The van der Waals surface area contributed by atoms with Gasteiger partial charge in [0.2, 0.25) is 0 Å². The number of imidazole rings is 1. The fourth-order valence-corrected chi connectivity index (χ4v) is 4.71. The highest BCUT2D eigenvalue weighted by Crippen LogP contribution is 2.36. The van der Waals surface area contributed by atoms with E-state index in [0.29, 0.717) is 12.2 Å². The summed E-state index contributed by atoms with van der Waals surface area (Å²) in [5, 5.41) is 0.114. The van der Waals surface area contributed by atoms with Crippen LogP contribution in [0.3, 0.4) is 0 Å². The second-order valence-corrected chi connectivity index (χ2v) is 7.92. The van der Waals surface area contributed by atoms with Gasteiger partial charge in [0.1, 0.15) is 5.82 Å². The summed E-state index contributed by atoms with van der Waals surface area (Å²) in [6.45, 7) is 1.92. The van der Waals surface area contributed by atoms with Gasteiger partial charge < -0.3 is 4.98 Å². The number of fused-ring (bicyclic) bond motifs is 1. The van der Waals surface area contributed by atoms with E-state index in [1.165, 1.54) is 11.8 Å². The van der Waals surface area contributed by atoms with E-state index >= 15 is 0 Å². The fourth-order valence-electron chi connectivity index (χ4n) is 2.57. The zero-order chi connectivity index (χ0) is 15.0. The second kappa shape index (κ2) is 5.55. The third kappa shape index (κ3) is 2.77. The van der Waals surface area contributed by atoms with Gasteiger partial charge in [0.25, 0.3) is 10.0 Å². The molecule has 0 aliphatic heterocycles. The van der Waals surface area contributed by atoms with Crippen molar-refractivity contribution in [1.82, 2.24) is 14.7 Å². The van der Waals surface area contributed by atoms with Crippen molar-refractivity contribution >= 4 is 26.0 Å². The molecule has 0 spiro atoms. The molecule has 1 aromatic carbocycles. The van der Waals surface area contributed by atoms with Gasteiger partial charge in [-0.2, -0.15) is 0 Å². The van der Waals surface area contributed by atoms with Crippen LogP contribution in [0.5, 0.6) is 0 Å². The van der Waals surface area contributed by atoms with Gasteiger partial charge in [-0.1, -0.05) is 47.1 Å². The maximum Gasteiger partial charge on any atom is 0.258 e. The zero-order valence-corrected chi connectivity index (χ0v) is 13.9. The Balaban J connectivity index is 1.89. The minimum atomic E-state index is -3.61. The number of sulfonamides is 1. The van der Waals surface area contributed by atoms with Crippen LogP contribution in [0.2, 0.25) is 0 Å². The molecule has 1 heterocycles. The number of nitrogens with zero attached hydrogens (tertiary/aromatic N) is 1. The lowest BCUT2D eigenvalue weighted by atomic mass is 10.1. The summed E-state index contributed by atoms with van der Waals surface area (Å²) in [7, 11) is -3.61. The summed E-state index contributed by atoms with van der Waals surface area (Å²) in [5.74, 6) is 0.664. The minimum Gasteiger partial charge on any atom is -0.332 e. The third-order valence-electron chi connectivity index (χ3n) is 3.68. The summed E-state index contributed by atoms with van der Waals surface area (Å²) in [5.41, 5.74) is 2.20. The fraction of sp³-hybridized carbons (Fsp3) is 0.357. The van der Waals surface area contributed by atoms with Crippen molar-refractivity contribution in [3.63, 3.8) is 0 Å². The van der Waals surface area contributed by atoms with E-state index in [0.717, 1.165) is 12.0 Å². The van der Waals surface area contributed by atoms with Gasteiger partial charge >= 0.3 is 0 Å². The number of aryl methyl sites for hydroxylation is 1. The average Bonchev–Trinajstić information content (AvgIpc) is 3.05. The molecule has 1 aliphatic carbocycles. The van der Waals surface area contributed by atoms with Crippen LogP contribution in [0.1, 0.15) is 29.9 Å². The summed E-state index contributed by atoms with van der Waals surface area (Å²) in [4.78, 5) is 6.95. The van der Waals surface area contributed by atoms with Crippen LogP contribution in [0, 0.1) is 0 Å². The first-order chi connectivity index (χ1) is 10.0. The highest BCUT2D eigenvalue weighted by atomic mass is 79.9. The van der Waals surface area contributed by atoms with Crippen molar-refractivity contribution in [2.24, 2.45) is 0 Å². The lowest BCUT2D eigenvalue weighted by Gasteiger charge is -2.17. The maximum atomic E-state index is 12.5. The average molecular weight is 370 g/mol. The third-order valence-corrected chi connectivity index (χ3v) is 5.88. The molecule has 7 heteroatoms. The molecule has 0 amide bonds. The van der Waals surface area contributed by atoms with Crippen LogP contribution in [-0.2, 0) is 22.9 Å². The van der Waals surface area contributed by atoms with Gasteiger partial charge in [0.05, 0.1) is 12.2 Å². The molecule has 2 unspecified atom stereocenters. The van der Waals surface area contributed by atoms with Crippen LogP contribution in [0.4, 0.5) is 0 Å². The maximum absolute atomic E-state index is 12.5. The van der Waals surface area contributed by atoms with Gasteiger partial charge in [-0.3, -0.25) is 0 Å². The molecule has 0 saturated carbocycles. The van der Waals surface area contributed by atoms with E-state index in [-0.39, 0.29) is 15.9 Å². The molecular formula is C14H16BrN3O2S. The molecule has 2 N–H and O–H groups in total. The first-order valence-electron chi connectivity index (χ1n) is 6.79. The Morgan fingerprint density at radius 3 is 2.90 bits per heavy atom. The van der Waals surface area contributed by atoms with Gasteiger partial charge in [-0.25, -0.2) is 18.1 Å². The number of alkyl halides is 1. The van der Waals surface area contributed by atoms with Crippen molar-refractivity contribution in [3.05, 3.63) is 47.4 Å². The summed E-state index contributed by atoms with van der Waals surface area (Å²) in [6.07, 6.45) is 2.85. The number of aromatic amines is 1. The molecule has 0 bridgehead atoms. The quantitative estimate of drug-likeness (QED) is 0.812. The van der Waals surface area contributed by atoms with Crippen LogP contribution in [-0.4, -0.2) is 23.2 Å². The van der Waals surface area contributed by atoms with Gasteiger partial charge in [0, 0.05) is 11.2 Å². The number of nitrogens with one attached hydrogen (secondary N) is 2. The molecule has 0 saturated heterocycles. The highest BCUT2D eigenvalue weighted by molar-refractivity contribution is 9.09. The number of hydrogen-bond donors (Lipinski definition) is 2. The van der Waals surface area contributed by atoms with Crippen molar-refractivity contribution in [3.8, 4) is 0 Å². The van der Waals surface area contributed by atoms with Gasteiger partial charge in [-0.15, -0.1) is 0 Å². The van der Waals surface area contributed by atoms with Crippen molar-refractivity contribution in [2.45, 2.75) is 35.7 Å². The Kier molecular flexibility index (Phi) is 3.90. The smallest absolute Gasteiger partial charge is 0.258 e. The summed E-state index contributed by atoms with van der Waals surface area (Å²) >= 11 is 3.58. The van der Waals surface area contributed by atoms with Crippen molar-refractivity contribution < 1.29 is 8.42 Å². The Morgan fingerprint density at radius 1 is 1.43 bits per heavy atom. The van der Waals surface area contributed by atoms with E-state index in [1.807, 2.05) is 31.2 Å². The van der Waals surface area contributed by atoms with E-state index in [4.69, 9.17) is 0 Å². The van der Waals surface area contributed by atoms with Crippen molar-refractivity contribution in [1.29, 1.82) is 0 Å². The largest absolute Gasteiger partial charge is 0.332 e. The number of rotatable bonds is 4. The normalized spacial score (nSPS) is 21.4. The van der Waals surface area contributed by atoms with Crippen molar-refractivity contribution in [2.75, 3.05) is 0 Å². The predicted molar refractivity (Wildman–Crippen MR) is 83.9 cm³/mol. The lowest BCUT2D eigenvalue weighted by molar-refractivity contribution is 0.556. The number of aromatic nitrogens is 2. The number of halogens is 1. The summed E-state index contributed by atoms with van der Waals surface area (Å²) < 4.78 is 27.7. The molecule has 0 fully saturated rings. The zero-order valence-electron chi connectivity index (χ0n) is 11.5. The molecule has 1 aromatic heterocycles. The monoisotopic (exact) mass is 369 g/mol. The number of H-pyrrole nitrogens is 1. The first-order valence-corrected chi connectivity index (χ1v) is 9.19. The second-order valence-electron chi connectivity index (χ2n) is 5.07. The Hall–Kier alpha value is -1.18. The lowest BCUT2D eigenvalue weighted by Crippen LogP contribution is -2.32. The van der Waals surface area contributed by atoms with Gasteiger partial charge in [0.15, 0.2) is 5.03 Å². The molecule has 21 heavy (non-hydrogen) atoms. The van der Waals surface area contributed by atoms with Crippen LogP contribution >= 0.6 is 15.9 Å². The number of hydrogen-bond acceptors (Lipinski definition) is 3. The summed E-state index contributed by atoms with van der Waals surface area (Å²) in [6, 6.07) is 7.63. The molecule has 1 aliphatic rings. The standard InChI is InChI=1S/C14H16BrN3O2S/c1-2-12-16-8-13(17-12)21(19,20)18-14-10-6-4-3-5-9(10)7-11(14)15/h3-6,8,11,14,18H,2,7H2,1H3,(H,16,17). The van der Waals surface area contributed by atoms with Gasteiger partial charge in [-0.05, 0) is 17.5 Å². The van der Waals surface area contributed by atoms with E-state index < -0.39 is 10.0 Å². The molecule has 2 aromatic rings. The molecular weight excluding hydrogens is 354 g/mol. The SMILES string of the molecule is CCc1ncc(S(=O)(=O)NC2c3ccccc3CC2Br)[nH]1. The van der Waals surface area contributed by atoms with Crippen LogP contribution in [0.25, 0.3) is 0 Å². The number of benzene rings is 1. The Labute approximate surface area is 132 Å². The highest BCUT2D eigenvalue weighted by Gasteiger charge is 2.34. The molecule has 0 radical (unpaired) electrons. The van der Waals surface area contributed by atoms with Crippen LogP contribution < -0.4 is 4.72 Å². The Morgan fingerprint density at radius 2 is 2.19 bits per heavy atom. The molecule has 3 rings (SSSR count). The molecule has 2 atom stereocenters. The predicted octanol–water partition coefficient (Wildman–Crippen LogP) is 2.31. The minimum absolute atomic E-state index is 0.0539. The van der Waals surface area contributed by atoms with E-state index in [9.17, 15) is 8.42 Å². The first kappa shape index (κ1) is 14.7. The van der Waals surface area contributed by atoms with E-state index in [2.05, 4.69) is 30.6 Å².